The van der Waals surface area contributed by atoms with Crippen LogP contribution in [0.3, 0.4) is 0 Å². The summed E-state index contributed by atoms with van der Waals surface area (Å²) in [5.41, 5.74) is 2.69. The van der Waals surface area contributed by atoms with Crippen molar-refractivity contribution >= 4 is 11.4 Å². The van der Waals surface area contributed by atoms with Crippen molar-refractivity contribution in [3.05, 3.63) is 30.3 Å². The third-order valence-electron chi connectivity index (χ3n) is 2.72. The van der Waals surface area contributed by atoms with E-state index in [1.54, 1.807) is 0 Å². The number of hydrazone groups is 1. The smallest absolute Gasteiger partial charge is 0.0594 e. The second-order valence-electron chi connectivity index (χ2n) is 5.01. The molecule has 0 spiro atoms. The van der Waals surface area contributed by atoms with Crippen LogP contribution in [0.2, 0.25) is 0 Å². The monoisotopic (exact) mass is 202 g/mol. The van der Waals surface area contributed by atoms with Gasteiger partial charge >= 0.3 is 0 Å². The van der Waals surface area contributed by atoms with Crippen molar-refractivity contribution in [1.29, 1.82) is 0 Å². The summed E-state index contributed by atoms with van der Waals surface area (Å²) in [6.07, 6.45) is 1.08. The Kier molecular flexibility index (Phi) is 2.51. The predicted molar refractivity (Wildman–Crippen MR) is 65.3 cm³/mol. The highest BCUT2D eigenvalue weighted by Crippen LogP contribution is 2.26. The van der Waals surface area contributed by atoms with E-state index in [0.29, 0.717) is 0 Å². The normalized spacial score (nSPS) is 16.7. The SMILES string of the molecule is CC(C)(C)C1=NN(c2ccccc2)CC1. The maximum Gasteiger partial charge on any atom is 0.0594 e. The maximum atomic E-state index is 4.68. The Hall–Kier alpha value is -1.31. The first-order valence-corrected chi connectivity index (χ1v) is 5.48. The molecule has 80 valence electrons. The molecule has 0 N–H and O–H groups in total. The van der Waals surface area contributed by atoms with Crippen molar-refractivity contribution < 1.29 is 0 Å². The van der Waals surface area contributed by atoms with Crippen LogP contribution in [0.5, 0.6) is 0 Å². The Balaban J connectivity index is 2.20. The summed E-state index contributed by atoms with van der Waals surface area (Å²) in [6, 6.07) is 10.4. The molecule has 0 fully saturated rings. The van der Waals surface area contributed by atoms with E-state index in [9.17, 15) is 0 Å². The Bertz CT molecular complexity index is 360. The molecule has 0 aliphatic carbocycles. The van der Waals surface area contributed by atoms with Gasteiger partial charge in [0.15, 0.2) is 0 Å². The molecule has 0 bridgehead atoms. The second kappa shape index (κ2) is 3.69. The predicted octanol–water partition coefficient (Wildman–Crippen LogP) is 3.30. The van der Waals surface area contributed by atoms with Crippen LogP contribution in [0.25, 0.3) is 0 Å². The molecule has 1 aliphatic rings. The Morgan fingerprint density at radius 1 is 1.13 bits per heavy atom. The lowest BCUT2D eigenvalue weighted by Crippen LogP contribution is -2.17. The average molecular weight is 202 g/mol. The Labute approximate surface area is 91.6 Å². The van der Waals surface area contributed by atoms with Crippen molar-refractivity contribution in [3.8, 4) is 0 Å². The molecule has 1 heterocycles. The maximum absolute atomic E-state index is 4.68. The van der Waals surface area contributed by atoms with Gasteiger partial charge in [0.25, 0.3) is 0 Å². The Morgan fingerprint density at radius 3 is 2.33 bits per heavy atom. The fourth-order valence-corrected chi connectivity index (χ4v) is 1.77. The van der Waals surface area contributed by atoms with E-state index in [2.05, 4.69) is 55.1 Å². The summed E-state index contributed by atoms with van der Waals surface area (Å²) in [4.78, 5) is 0. The summed E-state index contributed by atoms with van der Waals surface area (Å²) in [7, 11) is 0. The molecule has 0 unspecified atom stereocenters. The van der Waals surface area contributed by atoms with Gasteiger partial charge in [-0.25, -0.2) is 0 Å². The molecule has 0 radical (unpaired) electrons. The highest BCUT2D eigenvalue weighted by molar-refractivity contribution is 5.92. The molecule has 0 saturated carbocycles. The average Bonchev–Trinajstić information content (AvgIpc) is 2.67. The van der Waals surface area contributed by atoms with Gasteiger partial charge in [-0.2, -0.15) is 5.10 Å². The number of rotatable bonds is 1. The van der Waals surface area contributed by atoms with Gasteiger partial charge in [-0.1, -0.05) is 39.0 Å². The number of nitrogens with zero attached hydrogens (tertiary/aromatic N) is 2. The molecule has 2 heteroatoms. The van der Waals surface area contributed by atoms with Gasteiger partial charge in [0, 0.05) is 24.1 Å². The van der Waals surface area contributed by atoms with Gasteiger partial charge in [0.05, 0.1) is 5.69 Å². The van der Waals surface area contributed by atoms with Crippen molar-refractivity contribution in [1.82, 2.24) is 0 Å². The minimum Gasteiger partial charge on any atom is -0.265 e. The van der Waals surface area contributed by atoms with Crippen molar-refractivity contribution in [2.45, 2.75) is 27.2 Å². The van der Waals surface area contributed by atoms with E-state index in [1.165, 1.54) is 11.4 Å². The van der Waals surface area contributed by atoms with Crippen molar-refractivity contribution in [2.75, 3.05) is 11.6 Å². The van der Waals surface area contributed by atoms with Crippen molar-refractivity contribution in [2.24, 2.45) is 10.5 Å². The Morgan fingerprint density at radius 2 is 1.80 bits per heavy atom. The molecule has 0 aromatic heterocycles. The summed E-state index contributed by atoms with van der Waals surface area (Å²) in [5.74, 6) is 0. The molecule has 1 aromatic carbocycles. The number of para-hydroxylation sites is 1. The van der Waals surface area contributed by atoms with Crippen LogP contribution < -0.4 is 5.01 Å². The third kappa shape index (κ3) is 2.20. The molecule has 15 heavy (non-hydrogen) atoms. The lowest BCUT2D eigenvalue weighted by atomic mass is 9.89. The molecule has 2 nitrogen and oxygen atoms in total. The molecule has 1 aliphatic heterocycles. The molecule has 0 amide bonds. The largest absolute Gasteiger partial charge is 0.265 e. The third-order valence-corrected chi connectivity index (χ3v) is 2.72. The van der Waals surface area contributed by atoms with Crippen LogP contribution in [0, 0.1) is 5.41 Å². The second-order valence-corrected chi connectivity index (χ2v) is 5.01. The van der Waals surface area contributed by atoms with Gasteiger partial charge in [0.1, 0.15) is 0 Å². The van der Waals surface area contributed by atoms with E-state index in [0.717, 1.165) is 13.0 Å². The topological polar surface area (TPSA) is 15.6 Å². The first-order chi connectivity index (χ1) is 7.07. The molecular weight excluding hydrogens is 184 g/mol. The van der Waals surface area contributed by atoms with E-state index < -0.39 is 0 Å². The first-order valence-electron chi connectivity index (χ1n) is 5.48. The molecule has 0 saturated heterocycles. The zero-order valence-electron chi connectivity index (χ0n) is 9.70. The van der Waals surface area contributed by atoms with Crippen LogP contribution >= 0.6 is 0 Å². The standard InChI is InChI=1S/C13H18N2/c1-13(2,3)12-9-10-15(14-12)11-7-5-4-6-8-11/h4-8H,9-10H2,1-3H3. The fourth-order valence-electron chi connectivity index (χ4n) is 1.77. The molecular formula is C13H18N2. The first kappa shape index (κ1) is 10.2. The van der Waals surface area contributed by atoms with Gasteiger partial charge in [-0.15, -0.1) is 0 Å². The van der Waals surface area contributed by atoms with Gasteiger partial charge in [-0.3, -0.25) is 5.01 Å². The minimum atomic E-state index is 0.198. The summed E-state index contributed by atoms with van der Waals surface area (Å²) < 4.78 is 0. The van der Waals surface area contributed by atoms with E-state index in [1.807, 2.05) is 6.07 Å². The fraction of sp³-hybridized carbons (Fsp3) is 0.462. The summed E-state index contributed by atoms with van der Waals surface area (Å²) in [5, 5.41) is 6.78. The van der Waals surface area contributed by atoms with Gasteiger partial charge in [0.2, 0.25) is 0 Å². The highest BCUT2D eigenvalue weighted by Gasteiger charge is 2.25. The minimum absolute atomic E-state index is 0.198. The lowest BCUT2D eigenvalue weighted by Gasteiger charge is -2.17. The van der Waals surface area contributed by atoms with Crippen molar-refractivity contribution in [3.63, 3.8) is 0 Å². The molecule has 0 atom stereocenters. The highest BCUT2D eigenvalue weighted by atomic mass is 15.5. The van der Waals surface area contributed by atoms with Crippen LogP contribution in [-0.2, 0) is 0 Å². The number of anilines is 1. The summed E-state index contributed by atoms with van der Waals surface area (Å²) >= 11 is 0. The van der Waals surface area contributed by atoms with Gasteiger partial charge < -0.3 is 0 Å². The number of benzene rings is 1. The van der Waals surface area contributed by atoms with Gasteiger partial charge in [-0.05, 0) is 12.1 Å². The molecule has 1 aromatic rings. The number of hydrogen-bond donors (Lipinski definition) is 0. The van der Waals surface area contributed by atoms with Crippen LogP contribution in [-0.4, -0.2) is 12.3 Å². The quantitative estimate of drug-likeness (QED) is 0.682. The summed E-state index contributed by atoms with van der Waals surface area (Å²) in [6.45, 7) is 7.68. The van der Waals surface area contributed by atoms with Crippen LogP contribution in [0.15, 0.2) is 35.4 Å². The van der Waals surface area contributed by atoms with E-state index in [4.69, 9.17) is 0 Å². The van der Waals surface area contributed by atoms with Crippen LogP contribution in [0.4, 0.5) is 5.69 Å². The zero-order chi connectivity index (χ0) is 10.9. The lowest BCUT2D eigenvalue weighted by molar-refractivity contribution is 0.583. The van der Waals surface area contributed by atoms with E-state index >= 15 is 0 Å². The number of hydrogen-bond acceptors (Lipinski definition) is 2. The molecule has 2 rings (SSSR count). The van der Waals surface area contributed by atoms with Crippen LogP contribution in [0.1, 0.15) is 27.2 Å². The zero-order valence-corrected chi connectivity index (χ0v) is 9.70. The van der Waals surface area contributed by atoms with E-state index in [-0.39, 0.29) is 5.41 Å².